The van der Waals surface area contributed by atoms with Crippen LogP contribution in [0, 0.1) is 0 Å². The monoisotopic (exact) mass is 353 g/mol. The van der Waals surface area contributed by atoms with E-state index in [9.17, 15) is 9.90 Å². The number of nitrogens with one attached hydrogen (secondary N) is 1. The Morgan fingerprint density at radius 1 is 0.741 bits per heavy atom. The maximum Gasteiger partial charge on any atom is 0.252 e. The minimum atomic E-state index is -0.468. The summed E-state index contributed by atoms with van der Waals surface area (Å²) in [5.41, 5.74) is 2.19. The molecule has 27 heavy (non-hydrogen) atoms. The highest BCUT2D eigenvalue weighted by atomic mass is 16.3. The Bertz CT molecular complexity index is 1080. The molecule has 0 aliphatic heterocycles. The lowest BCUT2D eigenvalue weighted by atomic mass is 9.92. The molecule has 4 aromatic rings. The van der Waals surface area contributed by atoms with Crippen molar-refractivity contribution in [3.63, 3.8) is 0 Å². The van der Waals surface area contributed by atoms with E-state index >= 15 is 0 Å². The summed E-state index contributed by atoms with van der Waals surface area (Å²) in [6.45, 7) is 0. The van der Waals surface area contributed by atoms with E-state index in [1.165, 1.54) is 0 Å². The van der Waals surface area contributed by atoms with Crippen LogP contribution in [-0.4, -0.2) is 11.0 Å². The molecule has 0 radical (unpaired) electrons. The summed E-state index contributed by atoms with van der Waals surface area (Å²) in [6, 6.07) is 29.8. The number of carbonyl (C=O) groups excluding carboxylic acids is 1. The van der Waals surface area contributed by atoms with Crippen molar-refractivity contribution in [3.8, 4) is 5.75 Å². The van der Waals surface area contributed by atoms with Crippen molar-refractivity contribution in [2.45, 2.75) is 6.04 Å². The quantitative estimate of drug-likeness (QED) is 0.538. The maximum absolute atomic E-state index is 12.9. The van der Waals surface area contributed by atoms with Gasteiger partial charge >= 0.3 is 0 Å². The van der Waals surface area contributed by atoms with Crippen LogP contribution in [-0.2, 0) is 0 Å². The van der Waals surface area contributed by atoms with Gasteiger partial charge < -0.3 is 10.4 Å². The summed E-state index contributed by atoms with van der Waals surface area (Å²) >= 11 is 0. The number of aromatic hydroxyl groups is 1. The van der Waals surface area contributed by atoms with Crippen LogP contribution in [0.1, 0.15) is 27.5 Å². The van der Waals surface area contributed by atoms with Crippen LogP contribution in [0.5, 0.6) is 5.75 Å². The van der Waals surface area contributed by atoms with Crippen molar-refractivity contribution in [3.05, 3.63) is 114 Å². The van der Waals surface area contributed by atoms with E-state index in [-0.39, 0.29) is 11.7 Å². The van der Waals surface area contributed by atoms with Crippen LogP contribution in [0.3, 0.4) is 0 Å². The van der Waals surface area contributed by atoms with Gasteiger partial charge in [-0.05, 0) is 34.5 Å². The van der Waals surface area contributed by atoms with Gasteiger partial charge in [0.25, 0.3) is 5.91 Å². The van der Waals surface area contributed by atoms with Crippen molar-refractivity contribution in [2.75, 3.05) is 0 Å². The van der Waals surface area contributed by atoms with Gasteiger partial charge in [0, 0.05) is 11.1 Å². The highest BCUT2D eigenvalue weighted by molar-refractivity contribution is 5.96. The van der Waals surface area contributed by atoms with Gasteiger partial charge in [0.2, 0.25) is 0 Å². The van der Waals surface area contributed by atoms with Gasteiger partial charge in [-0.1, -0.05) is 78.9 Å². The molecule has 0 saturated carbocycles. The molecule has 3 nitrogen and oxygen atoms in total. The first kappa shape index (κ1) is 16.9. The Balaban J connectivity index is 1.85. The molecule has 132 valence electrons. The lowest BCUT2D eigenvalue weighted by Gasteiger charge is -2.22. The second kappa shape index (κ2) is 7.34. The number of rotatable bonds is 4. The third-order valence-electron chi connectivity index (χ3n) is 4.68. The zero-order chi connectivity index (χ0) is 18.6. The number of carbonyl (C=O) groups is 1. The van der Waals surface area contributed by atoms with Crippen molar-refractivity contribution in [2.24, 2.45) is 0 Å². The van der Waals surface area contributed by atoms with E-state index in [2.05, 4.69) is 5.32 Å². The van der Waals surface area contributed by atoms with E-state index < -0.39 is 6.04 Å². The first-order valence-corrected chi connectivity index (χ1v) is 8.85. The Morgan fingerprint density at radius 2 is 1.37 bits per heavy atom. The SMILES string of the molecule is O=C(NC(c1ccccc1)c1c(O)ccc2ccccc12)c1ccccc1. The zero-order valence-corrected chi connectivity index (χ0v) is 14.7. The molecule has 0 aromatic heterocycles. The van der Waals surface area contributed by atoms with Crippen LogP contribution in [0.2, 0.25) is 0 Å². The second-order valence-electron chi connectivity index (χ2n) is 6.40. The van der Waals surface area contributed by atoms with Gasteiger partial charge in [-0.2, -0.15) is 0 Å². The van der Waals surface area contributed by atoms with E-state index in [1.807, 2.05) is 78.9 Å². The number of phenolic OH excluding ortho intramolecular Hbond substituents is 1. The average molecular weight is 353 g/mol. The lowest BCUT2D eigenvalue weighted by molar-refractivity contribution is 0.0943. The molecule has 4 aromatic carbocycles. The Morgan fingerprint density at radius 3 is 2.11 bits per heavy atom. The number of phenols is 1. The fraction of sp³-hybridized carbons (Fsp3) is 0.0417. The third-order valence-corrected chi connectivity index (χ3v) is 4.68. The van der Waals surface area contributed by atoms with E-state index in [4.69, 9.17) is 0 Å². The minimum absolute atomic E-state index is 0.163. The lowest BCUT2D eigenvalue weighted by Crippen LogP contribution is -2.29. The summed E-state index contributed by atoms with van der Waals surface area (Å²) in [4.78, 5) is 12.9. The predicted molar refractivity (Wildman–Crippen MR) is 108 cm³/mol. The molecule has 0 aliphatic carbocycles. The van der Waals surface area contributed by atoms with Gasteiger partial charge in [0.15, 0.2) is 0 Å². The van der Waals surface area contributed by atoms with Crippen molar-refractivity contribution in [1.29, 1.82) is 0 Å². The molecule has 0 heterocycles. The third kappa shape index (κ3) is 3.40. The van der Waals surface area contributed by atoms with Crippen molar-refractivity contribution >= 4 is 16.7 Å². The molecule has 3 heteroatoms. The van der Waals surface area contributed by atoms with E-state index in [0.29, 0.717) is 11.1 Å². The van der Waals surface area contributed by atoms with Crippen LogP contribution in [0.25, 0.3) is 10.8 Å². The van der Waals surface area contributed by atoms with Gasteiger partial charge in [0.1, 0.15) is 5.75 Å². The van der Waals surface area contributed by atoms with Crippen LogP contribution < -0.4 is 5.32 Å². The maximum atomic E-state index is 12.9. The van der Waals surface area contributed by atoms with Gasteiger partial charge in [0.05, 0.1) is 6.04 Å². The summed E-state index contributed by atoms with van der Waals surface area (Å²) in [5, 5.41) is 15.7. The molecule has 1 unspecified atom stereocenters. The minimum Gasteiger partial charge on any atom is -0.508 e. The molecule has 1 amide bonds. The van der Waals surface area contributed by atoms with Crippen LogP contribution in [0.4, 0.5) is 0 Å². The fourth-order valence-electron chi connectivity index (χ4n) is 3.36. The largest absolute Gasteiger partial charge is 0.508 e. The Kier molecular flexibility index (Phi) is 4.58. The number of hydrogen-bond acceptors (Lipinski definition) is 2. The highest BCUT2D eigenvalue weighted by Gasteiger charge is 2.22. The summed E-state index contributed by atoms with van der Waals surface area (Å²) in [5.74, 6) is -0.0206. The first-order chi connectivity index (χ1) is 13.2. The molecule has 0 fully saturated rings. The molecular weight excluding hydrogens is 334 g/mol. The number of amides is 1. The zero-order valence-electron chi connectivity index (χ0n) is 14.7. The van der Waals surface area contributed by atoms with Gasteiger partial charge in [-0.25, -0.2) is 0 Å². The summed E-state index contributed by atoms with van der Waals surface area (Å²) < 4.78 is 0. The topological polar surface area (TPSA) is 49.3 Å². The molecule has 2 N–H and O–H groups in total. The Hall–Kier alpha value is -3.59. The highest BCUT2D eigenvalue weighted by Crippen LogP contribution is 2.35. The molecule has 0 saturated heterocycles. The standard InChI is InChI=1S/C24H19NO2/c26-21-16-15-17-9-7-8-14-20(17)22(21)23(18-10-3-1-4-11-18)25-24(27)19-12-5-2-6-13-19/h1-16,23,26H,(H,25,27). The van der Waals surface area contributed by atoms with Gasteiger partial charge in [-0.15, -0.1) is 0 Å². The smallest absolute Gasteiger partial charge is 0.252 e. The molecular formula is C24H19NO2. The molecule has 0 bridgehead atoms. The molecule has 4 rings (SSSR count). The van der Waals surface area contributed by atoms with E-state index in [0.717, 1.165) is 16.3 Å². The number of hydrogen-bond donors (Lipinski definition) is 2. The average Bonchev–Trinajstić information content (AvgIpc) is 2.73. The fourth-order valence-corrected chi connectivity index (χ4v) is 3.36. The summed E-state index contributed by atoms with van der Waals surface area (Å²) in [6.07, 6.45) is 0. The predicted octanol–water partition coefficient (Wildman–Crippen LogP) is 5.06. The number of benzene rings is 4. The summed E-state index contributed by atoms with van der Waals surface area (Å²) in [7, 11) is 0. The molecule has 0 aliphatic rings. The first-order valence-electron chi connectivity index (χ1n) is 8.85. The normalized spacial score (nSPS) is 11.9. The second-order valence-corrected chi connectivity index (χ2v) is 6.40. The van der Waals surface area contributed by atoms with Crippen molar-refractivity contribution < 1.29 is 9.90 Å². The van der Waals surface area contributed by atoms with E-state index in [1.54, 1.807) is 18.2 Å². The van der Waals surface area contributed by atoms with Crippen molar-refractivity contribution in [1.82, 2.24) is 5.32 Å². The molecule has 1 atom stereocenters. The van der Waals surface area contributed by atoms with Gasteiger partial charge in [-0.3, -0.25) is 4.79 Å². The molecule has 0 spiro atoms. The number of fused-ring (bicyclic) bond motifs is 1. The Labute approximate surface area is 157 Å². The van der Waals surface area contributed by atoms with Crippen LogP contribution >= 0.6 is 0 Å². The van der Waals surface area contributed by atoms with Crippen LogP contribution in [0.15, 0.2) is 97.1 Å².